The van der Waals surface area contributed by atoms with Crippen LogP contribution >= 0.6 is 0 Å². The zero-order valence-electron chi connectivity index (χ0n) is 15.2. The molecule has 27 heavy (non-hydrogen) atoms. The summed E-state index contributed by atoms with van der Waals surface area (Å²) in [5, 5.41) is 23.3. The maximum absolute atomic E-state index is 12.9. The van der Waals surface area contributed by atoms with Crippen LogP contribution in [0, 0.1) is 0 Å². The van der Waals surface area contributed by atoms with Crippen LogP contribution in [0.4, 0.5) is 0 Å². The fourth-order valence-corrected chi connectivity index (χ4v) is 3.23. The molecule has 2 aromatic rings. The maximum atomic E-state index is 12.9. The molecule has 0 aromatic heterocycles. The van der Waals surface area contributed by atoms with E-state index in [1.165, 1.54) is 12.1 Å². The van der Waals surface area contributed by atoms with Crippen LogP contribution < -0.4 is 5.32 Å². The quantitative estimate of drug-likeness (QED) is 0.520. The number of allylic oxidation sites excluding steroid dienone is 1. The van der Waals surface area contributed by atoms with Crippen LogP contribution in [0.5, 0.6) is 11.5 Å². The minimum Gasteiger partial charge on any atom is -0.508 e. The number of hydrogen-bond acceptors (Lipinski definition) is 5. The highest BCUT2D eigenvalue weighted by Crippen LogP contribution is 2.31. The summed E-state index contributed by atoms with van der Waals surface area (Å²) in [5.74, 6) is -0.945. The van der Waals surface area contributed by atoms with Crippen LogP contribution in [0.15, 0.2) is 54.6 Å². The topological polar surface area (TPSA) is 78.8 Å². The Kier molecular flexibility index (Phi) is 6.49. The highest BCUT2D eigenvalue weighted by atomic mass is 16.5. The smallest absolute Gasteiger partial charge is 0.342 e. The average molecular weight is 367 g/mol. The largest absolute Gasteiger partial charge is 0.508 e. The summed E-state index contributed by atoms with van der Waals surface area (Å²) in [6.45, 7) is 1.17. The van der Waals surface area contributed by atoms with Crippen molar-refractivity contribution in [2.24, 2.45) is 0 Å². The van der Waals surface area contributed by atoms with Crippen LogP contribution in [-0.2, 0) is 11.3 Å². The number of rotatable bonds is 1. The van der Waals surface area contributed by atoms with Crippen molar-refractivity contribution in [1.29, 1.82) is 0 Å². The Morgan fingerprint density at radius 2 is 1.85 bits per heavy atom. The molecule has 2 aromatic carbocycles. The van der Waals surface area contributed by atoms with Gasteiger partial charge in [-0.25, -0.2) is 4.79 Å². The molecule has 5 heteroatoms. The van der Waals surface area contributed by atoms with Crippen molar-refractivity contribution in [3.63, 3.8) is 0 Å². The van der Waals surface area contributed by atoms with E-state index in [-0.39, 0.29) is 17.1 Å². The predicted octanol–water partition coefficient (Wildman–Crippen LogP) is 4.22. The summed E-state index contributed by atoms with van der Waals surface area (Å²) in [7, 11) is 0. The van der Waals surface area contributed by atoms with Crippen molar-refractivity contribution in [3.8, 4) is 11.5 Å². The van der Waals surface area contributed by atoms with Crippen molar-refractivity contribution in [2.45, 2.75) is 38.3 Å². The molecule has 0 bridgehead atoms. The lowest BCUT2D eigenvalue weighted by Crippen LogP contribution is -2.19. The van der Waals surface area contributed by atoms with Gasteiger partial charge in [-0.15, -0.1) is 0 Å². The Hall–Kier alpha value is -2.79. The number of phenols is 2. The second-order valence-corrected chi connectivity index (χ2v) is 6.68. The van der Waals surface area contributed by atoms with E-state index in [1.54, 1.807) is 0 Å². The lowest BCUT2D eigenvalue weighted by atomic mass is 10.0. The fraction of sp³-hybridized carbons (Fsp3) is 0.318. The van der Waals surface area contributed by atoms with E-state index in [9.17, 15) is 15.0 Å². The zero-order valence-corrected chi connectivity index (χ0v) is 15.2. The summed E-state index contributed by atoms with van der Waals surface area (Å²) >= 11 is 0. The first-order chi connectivity index (χ1) is 13.1. The Morgan fingerprint density at radius 3 is 2.67 bits per heavy atom. The number of ether oxygens (including phenoxy) is 1. The van der Waals surface area contributed by atoms with Gasteiger partial charge in [0.15, 0.2) is 0 Å². The lowest BCUT2D eigenvalue weighted by Gasteiger charge is -2.19. The van der Waals surface area contributed by atoms with E-state index >= 15 is 0 Å². The van der Waals surface area contributed by atoms with Gasteiger partial charge in [0.25, 0.3) is 0 Å². The first kappa shape index (κ1) is 19.0. The van der Waals surface area contributed by atoms with Gasteiger partial charge in [-0.05, 0) is 43.0 Å². The highest BCUT2D eigenvalue weighted by Gasteiger charge is 2.23. The van der Waals surface area contributed by atoms with Gasteiger partial charge in [0.1, 0.15) is 23.2 Å². The number of hydrogen-bond donors (Lipinski definition) is 3. The number of benzene rings is 2. The average Bonchev–Trinajstić information content (AvgIpc) is 2.65. The third kappa shape index (κ3) is 5.11. The van der Waals surface area contributed by atoms with Crippen LogP contribution in [0.25, 0.3) is 0 Å². The van der Waals surface area contributed by atoms with E-state index in [2.05, 4.69) is 11.4 Å². The molecule has 1 aliphatic heterocycles. The van der Waals surface area contributed by atoms with E-state index in [0.29, 0.717) is 18.5 Å². The molecule has 0 saturated heterocycles. The second-order valence-electron chi connectivity index (χ2n) is 6.68. The van der Waals surface area contributed by atoms with Crippen LogP contribution in [0.1, 0.15) is 53.3 Å². The number of phenolic OH excluding ortho intramolecular Hbond substituents is 2. The molecule has 0 spiro atoms. The first-order valence-electron chi connectivity index (χ1n) is 9.31. The molecule has 0 fully saturated rings. The fourth-order valence-electron chi connectivity index (χ4n) is 3.23. The molecule has 0 aliphatic carbocycles. The van der Waals surface area contributed by atoms with Gasteiger partial charge in [0, 0.05) is 19.0 Å². The third-order valence-electron chi connectivity index (χ3n) is 4.62. The van der Waals surface area contributed by atoms with Crippen LogP contribution in [-0.4, -0.2) is 22.7 Å². The Morgan fingerprint density at radius 1 is 1.04 bits per heavy atom. The normalized spacial score (nSPS) is 20.1. The minimum atomic E-state index is -0.594. The lowest BCUT2D eigenvalue weighted by molar-refractivity contribution is 0.0298. The van der Waals surface area contributed by atoms with Gasteiger partial charge < -0.3 is 20.3 Å². The zero-order chi connectivity index (χ0) is 19.1. The molecular weight excluding hydrogens is 342 g/mol. The van der Waals surface area contributed by atoms with Gasteiger partial charge in [-0.1, -0.05) is 42.5 Å². The van der Waals surface area contributed by atoms with Crippen molar-refractivity contribution >= 4 is 5.97 Å². The van der Waals surface area contributed by atoms with Crippen molar-refractivity contribution < 1.29 is 19.7 Å². The number of aromatic hydroxyl groups is 2. The number of esters is 1. The van der Waals surface area contributed by atoms with Crippen LogP contribution in [0.2, 0.25) is 0 Å². The molecule has 1 atom stereocenters. The number of cyclic esters (lactones) is 1. The maximum Gasteiger partial charge on any atom is 0.342 e. The van der Waals surface area contributed by atoms with E-state index in [0.717, 1.165) is 31.4 Å². The molecule has 1 aliphatic rings. The number of carbonyl (C=O) groups excluding carboxylic acids is 1. The standard InChI is InChI=1S/C22H25NO4/c24-18-13-17-15-23-12-8-3-1-2-7-11-20(16-9-5-4-6-10-16)27-22(26)21(17)19(25)14-18/h2,4-7,9-10,13-14,20,23-25H,1,3,8,11-12,15H2/b7-2+/t20-/m1/s1. The summed E-state index contributed by atoms with van der Waals surface area (Å²) in [5.41, 5.74) is 1.53. The molecule has 1 heterocycles. The van der Waals surface area contributed by atoms with Crippen molar-refractivity contribution in [3.05, 3.63) is 71.3 Å². The monoisotopic (exact) mass is 367 g/mol. The van der Waals surface area contributed by atoms with Gasteiger partial charge in [-0.2, -0.15) is 0 Å². The molecule has 0 unspecified atom stereocenters. The first-order valence-corrected chi connectivity index (χ1v) is 9.31. The number of fused-ring (bicyclic) bond motifs is 1. The summed E-state index contributed by atoms with van der Waals surface area (Å²) < 4.78 is 5.77. The summed E-state index contributed by atoms with van der Waals surface area (Å²) in [6, 6.07) is 12.2. The van der Waals surface area contributed by atoms with Crippen molar-refractivity contribution in [2.75, 3.05) is 6.54 Å². The number of nitrogens with one attached hydrogen (secondary N) is 1. The molecule has 0 saturated carbocycles. The van der Waals surface area contributed by atoms with Gasteiger partial charge >= 0.3 is 5.97 Å². The van der Waals surface area contributed by atoms with Crippen LogP contribution in [0.3, 0.4) is 0 Å². The Bertz CT molecular complexity index is 801. The second kappa shape index (κ2) is 9.24. The Balaban J connectivity index is 1.94. The SMILES string of the molecule is O=C1O[C@@H](c2ccccc2)C/C=C/CCCCNCc2cc(O)cc(O)c21. The Labute approximate surface area is 159 Å². The van der Waals surface area contributed by atoms with Gasteiger partial charge in [-0.3, -0.25) is 0 Å². The van der Waals surface area contributed by atoms with Gasteiger partial charge in [0.05, 0.1) is 0 Å². The molecule has 5 nitrogen and oxygen atoms in total. The molecule has 3 rings (SSSR count). The van der Waals surface area contributed by atoms with Crippen molar-refractivity contribution in [1.82, 2.24) is 5.32 Å². The minimum absolute atomic E-state index is 0.0792. The number of carbonyl (C=O) groups is 1. The molecule has 3 N–H and O–H groups in total. The molecular formula is C22H25NO4. The molecule has 0 radical (unpaired) electrons. The summed E-state index contributed by atoms with van der Waals surface area (Å²) in [6.07, 6.45) is 7.36. The van der Waals surface area contributed by atoms with E-state index in [4.69, 9.17) is 4.74 Å². The third-order valence-corrected chi connectivity index (χ3v) is 4.62. The summed E-state index contributed by atoms with van der Waals surface area (Å²) in [4.78, 5) is 12.9. The van der Waals surface area contributed by atoms with E-state index in [1.807, 2.05) is 36.4 Å². The highest BCUT2D eigenvalue weighted by molar-refractivity contribution is 5.94. The van der Waals surface area contributed by atoms with E-state index < -0.39 is 12.1 Å². The molecule has 0 amide bonds. The predicted molar refractivity (Wildman–Crippen MR) is 104 cm³/mol. The van der Waals surface area contributed by atoms with Gasteiger partial charge in [0.2, 0.25) is 0 Å². The molecule has 142 valence electrons.